The highest BCUT2D eigenvalue weighted by Gasteiger charge is 2.29. The highest BCUT2D eigenvalue weighted by molar-refractivity contribution is 5.74. The number of urea groups is 1. The van der Waals surface area contributed by atoms with Crippen molar-refractivity contribution in [3.63, 3.8) is 0 Å². The maximum atomic E-state index is 11.9. The molecule has 1 fully saturated rings. The first-order valence-corrected chi connectivity index (χ1v) is 6.03. The first-order valence-electron chi connectivity index (χ1n) is 6.03. The van der Waals surface area contributed by atoms with Gasteiger partial charge in [0.2, 0.25) is 0 Å². The minimum absolute atomic E-state index is 0.163. The van der Waals surface area contributed by atoms with Crippen molar-refractivity contribution in [2.45, 2.75) is 33.2 Å². The van der Waals surface area contributed by atoms with Crippen LogP contribution in [0.25, 0.3) is 0 Å². The van der Waals surface area contributed by atoms with E-state index < -0.39 is 0 Å². The predicted octanol–water partition coefficient (Wildman–Crippen LogP) is 1.38. The summed E-state index contributed by atoms with van der Waals surface area (Å²) in [5, 5.41) is 3.31. The van der Waals surface area contributed by atoms with Crippen molar-refractivity contribution in [3.8, 4) is 0 Å². The molecule has 1 N–H and O–H groups in total. The molecule has 16 heavy (non-hydrogen) atoms. The van der Waals surface area contributed by atoms with Gasteiger partial charge in [-0.25, -0.2) is 4.79 Å². The Morgan fingerprint density at radius 2 is 2.00 bits per heavy atom. The molecule has 1 unspecified atom stereocenters. The highest BCUT2D eigenvalue weighted by Crippen LogP contribution is 2.21. The van der Waals surface area contributed by atoms with E-state index in [9.17, 15) is 4.79 Å². The number of carbonyl (C=O) groups is 1. The molecule has 4 nitrogen and oxygen atoms in total. The fourth-order valence-electron chi connectivity index (χ4n) is 2.12. The van der Waals surface area contributed by atoms with Gasteiger partial charge in [-0.3, -0.25) is 0 Å². The Hall–Kier alpha value is -0.770. The molecule has 4 heteroatoms. The summed E-state index contributed by atoms with van der Waals surface area (Å²) in [6, 6.07) is 0.499. The zero-order valence-electron chi connectivity index (χ0n) is 11.2. The standard InChI is InChI=1S/C12H25N3O/c1-12(2,3)10(13-4)9-15-8-6-7-14(5)11(15)16/h10,13H,6-9H2,1-5H3. The monoisotopic (exact) mass is 227 g/mol. The number of amides is 2. The largest absolute Gasteiger partial charge is 0.328 e. The lowest BCUT2D eigenvalue weighted by Crippen LogP contribution is -2.54. The van der Waals surface area contributed by atoms with E-state index in [-0.39, 0.29) is 11.4 Å². The van der Waals surface area contributed by atoms with Crippen LogP contribution in [0.2, 0.25) is 0 Å². The lowest BCUT2D eigenvalue weighted by molar-refractivity contribution is 0.122. The van der Waals surface area contributed by atoms with Crippen LogP contribution in [0.4, 0.5) is 4.79 Å². The molecule has 1 saturated heterocycles. The van der Waals surface area contributed by atoms with Gasteiger partial charge in [-0.2, -0.15) is 0 Å². The molecule has 0 aromatic heterocycles. The first-order chi connectivity index (χ1) is 7.36. The van der Waals surface area contributed by atoms with Gasteiger partial charge >= 0.3 is 6.03 Å². The Morgan fingerprint density at radius 3 is 2.50 bits per heavy atom. The van der Waals surface area contributed by atoms with Crippen LogP contribution >= 0.6 is 0 Å². The number of carbonyl (C=O) groups excluding carboxylic acids is 1. The summed E-state index contributed by atoms with van der Waals surface area (Å²) in [5.74, 6) is 0. The summed E-state index contributed by atoms with van der Waals surface area (Å²) in [6.07, 6.45) is 1.07. The fraction of sp³-hybridized carbons (Fsp3) is 0.917. The summed E-state index contributed by atoms with van der Waals surface area (Å²) >= 11 is 0. The third kappa shape index (κ3) is 3.11. The molecular weight excluding hydrogens is 202 g/mol. The molecule has 94 valence electrons. The second kappa shape index (κ2) is 5.04. The lowest BCUT2D eigenvalue weighted by atomic mass is 9.86. The Kier molecular flexibility index (Phi) is 4.19. The molecule has 1 aliphatic rings. The average Bonchev–Trinajstić information content (AvgIpc) is 2.18. The van der Waals surface area contributed by atoms with Crippen molar-refractivity contribution in [1.29, 1.82) is 0 Å². The van der Waals surface area contributed by atoms with Gasteiger partial charge in [0.1, 0.15) is 0 Å². The Labute approximate surface area is 99.0 Å². The van der Waals surface area contributed by atoms with E-state index in [1.165, 1.54) is 0 Å². The maximum absolute atomic E-state index is 11.9. The third-order valence-corrected chi connectivity index (χ3v) is 3.32. The van der Waals surface area contributed by atoms with Gasteiger partial charge in [-0.05, 0) is 18.9 Å². The van der Waals surface area contributed by atoms with Gasteiger partial charge < -0.3 is 15.1 Å². The number of nitrogens with zero attached hydrogens (tertiary/aromatic N) is 2. The number of likely N-dealkylation sites (N-methyl/N-ethyl adjacent to an activating group) is 1. The topological polar surface area (TPSA) is 35.6 Å². The van der Waals surface area contributed by atoms with Gasteiger partial charge in [0, 0.05) is 32.7 Å². The molecule has 2 amide bonds. The van der Waals surface area contributed by atoms with E-state index in [0.29, 0.717) is 6.04 Å². The van der Waals surface area contributed by atoms with Crippen molar-refractivity contribution in [1.82, 2.24) is 15.1 Å². The molecule has 1 heterocycles. The zero-order chi connectivity index (χ0) is 12.3. The molecule has 1 atom stereocenters. The summed E-state index contributed by atoms with van der Waals surface area (Å²) in [4.78, 5) is 15.7. The minimum atomic E-state index is 0.163. The molecule has 1 rings (SSSR count). The van der Waals surface area contributed by atoms with Crippen LogP contribution in [-0.4, -0.2) is 55.6 Å². The molecule has 0 bridgehead atoms. The van der Waals surface area contributed by atoms with E-state index in [2.05, 4.69) is 26.1 Å². The number of hydrogen-bond donors (Lipinski definition) is 1. The number of hydrogen-bond acceptors (Lipinski definition) is 2. The molecule has 0 aliphatic carbocycles. The van der Waals surface area contributed by atoms with Crippen molar-refractivity contribution in [2.75, 3.05) is 33.7 Å². The van der Waals surface area contributed by atoms with E-state index in [1.54, 1.807) is 4.90 Å². The van der Waals surface area contributed by atoms with Crippen LogP contribution < -0.4 is 5.32 Å². The van der Waals surface area contributed by atoms with Crippen LogP contribution in [0.5, 0.6) is 0 Å². The first kappa shape index (κ1) is 13.3. The van der Waals surface area contributed by atoms with Gasteiger partial charge in [0.05, 0.1) is 0 Å². The van der Waals surface area contributed by atoms with Gasteiger partial charge in [0.15, 0.2) is 0 Å². The predicted molar refractivity (Wildman–Crippen MR) is 66.5 cm³/mol. The van der Waals surface area contributed by atoms with E-state index in [1.807, 2.05) is 19.0 Å². The van der Waals surface area contributed by atoms with Gasteiger partial charge in [-0.1, -0.05) is 20.8 Å². The lowest BCUT2D eigenvalue weighted by Gasteiger charge is -2.39. The van der Waals surface area contributed by atoms with E-state index in [0.717, 1.165) is 26.1 Å². The molecule has 1 aliphatic heterocycles. The molecule has 0 radical (unpaired) electrons. The zero-order valence-corrected chi connectivity index (χ0v) is 11.2. The van der Waals surface area contributed by atoms with E-state index >= 15 is 0 Å². The van der Waals surface area contributed by atoms with Crippen molar-refractivity contribution >= 4 is 6.03 Å². The SMILES string of the molecule is CNC(CN1CCCN(C)C1=O)C(C)(C)C. The van der Waals surface area contributed by atoms with Crippen molar-refractivity contribution in [2.24, 2.45) is 5.41 Å². The van der Waals surface area contributed by atoms with Crippen LogP contribution in [0, 0.1) is 5.41 Å². The Morgan fingerprint density at radius 1 is 1.38 bits per heavy atom. The van der Waals surface area contributed by atoms with Crippen molar-refractivity contribution < 1.29 is 4.79 Å². The summed E-state index contributed by atoms with van der Waals surface area (Å²) in [7, 11) is 3.84. The Bertz CT molecular complexity index is 247. The molecule has 0 spiro atoms. The van der Waals surface area contributed by atoms with Crippen LogP contribution in [0.15, 0.2) is 0 Å². The number of rotatable bonds is 3. The molecular formula is C12H25N3O. The maximum Gasteiger partial charge on any atom is 0.319 e. The van der Waals surface area contributed by atoms with Crippen molar-refractivity contribution in [3.05, 3.63) is 0 Å². The van der Waals surface area contributed by atoms with Crippen LogP contribution in [0.3, 0.4) is 0 Å². The fourth-order valence-corrected chi connectivity index (χ4v) is 2.12. The van der Waals surface area contributed by atoms with Crippen LogP contribution in [-0.2, 0) is 0 Å². The molecule has 0 aromatic carbocycles. The normalized spacial score (nSPS) is 20.2. The smallest absolute Gasteiger partial charge is 0.319 e. The second-order valence-corrected chi connectivity index (χ2v) is 5.71. The van der Waals surface area contributed by atoms with E-state index in [4.69, 9.17) is 0 Å². The minimum Gasteiger partial charge on any atom is -0.328 e. The summed E-state index contributed by atoms with van der Waals surface area (Å²) < 4.78 is 0. The Balaban J connectivity index is 2.61. The quantitative estimate of drug-likeness (QED) is 0.790. The highest BCUT2D eigenvalue weighted by atomic mass is 16.2. The average molecular weight is 227 g/mol. The summed E-state index contributed by atoms with van der Waals surface area (Å²) in [6.45, 7) is 9.17. The van der Waals surface area contributed by atoms with Gasteiger partial charge in [-0.15, -0.1) is 0 Å². The summed E-state index contributed by atoms with van der Waals surface area (Å²) in [5.41, 5.74) is 0.172. The second-order valence-electron chi connectivity index (χ2n) is 5.71. The van der Waals surface area contributed by atoms with Gasteiger partial charge in [0.25, 0.3) is 0 Å². The molecule has 0 aromatic rings. The number of nitrogens with one attached hydrogen (secondary N) is 1. The van der Waals surface area contributed by atoms with Crippen LogP contribution in [0.1, 0.15) is 27.2 Å². The molecule has 0 saturated carbocycles. The third-order valence-electron chi connectivity index (χ3n) is 3.32.